The molecule has 0 bridgehead atoms. The number of halogens is 1. The molecule has 0 aliphatic heterocycles. The van der Waals surface area contributed by atoms with E-state index in [1.807, 2.05) is 42.5 Å². The Morgan fingerprint density at radius 1 is 0.833 bits per heavy atom. The maximum atomic E-state index is 10.4. The van der Waals surface area contributed by atoms with Crippen molar-refractivity contribution in [1.29, 1.82) is 0 Å². The Balaban J connectivity index is 1.95. The molecular formula is C21H16ClNO. The normalized spacial score (nSPS) is 11.0. The van der Waals surface area contributed by atoms with Gasteiger partial charge in [-0.05, 0) is 29.3 Å². The van der Waals surface area contributed by atoms with Gasteiger partial charge in [0.05, 0.1) is 10.7 Å². The van der Waals surface area contributed by atoms with E-state index in [1.165, 1.54) is 5.56 Å². The van der Waals surface area contributed by atoms with E-state index in [4.69, 9.17) is 11.6 Å². The van der Waals surface area contributed by atoms with Gasteiger partial charge in [-0.3, -0.25) is 0 Å². The second-order valence-corrected chi connectivity index (χ2v) is 6.23. The number of fused-ring (bicyclic) bond motifs is 1. The molecule has 3 heteroatoms. The number of aromatic hydroxyl groups is 1. The minimum Gasteiger partial charge on any atom is -0.506 e. The Labute approximate surface area is 145 Å². The van der Waals surface area contributed by atoms with Crippen molar-refractivity contribution in [3.05, 3.63) is 88.9 Å². The van der Waals surface area contributed by atoms with Crippen molar-refractivity contribution in [2.24, 2.45) is 0 Å². The topological polar surface area (TPSA) is 36.0 Å². The number of hydrogen-bond acceptors (Lipinski definition) is 1. The smallest absolute Gasteiger partial charge is 0.143 e. The number of phenols is 1. The average Bonchev–Trinajstić information content (AvgIpc) is 2.97. The van der Waals surface area contributed by atoms with E-state index >= 15 is 0 Å². The second-order valence-electron chi connectivity index (χ2n) is 5.82. The molecule has 118 valence electrons. The van der Waals surface area contributed by atoms with Crippen LogP contribution < -0.4 is 0 Å². The summed E-state index contributed by atoms with van der Waals surface area (Å²) >= 11 is 6.11. The molecule has 4 aromatic rings. The molecule has 0 unspecified atom stereocenters. The van der Waals surface area contributed by atoms with Gasteiger partial charge < -0.3 is 10.1 Å². The lowest BCUT2D eigenvalue weighted by Crippen LogP contribution is -1.91. The van der Waals surface area contributed by atoms with Crippen molar-refractivity contribution in [2.75, 3.05) is 0 Å². The summed E-state index contributed by atoms with van der Waals surface area (Å²) in [5.41, 5.74) is 5.09. The summed E-state index contributed by atoms with van der Waals surface area (Å²) < 4.78 is 0. The van der Waals surface area contributed by atoms with Gasteiger partial charge in [0.2, 0.25) is 0 Å². The highest BCUT2D eigenvalue weighted by atomic mass is 35.5. The van der Waals surface area contributed by atoms with Crippen LogP contribution in [-0.4, -0.2) is 10.1 Å². The molecule has 1 heterocycles. The van der Waals surface area contributed by atoms with Crippen molar-refractivity contribution in [3.63, 3.8) is 0 Å². The minimum absolute atomic E-state index is 0.111. The van der Waals surface area contributed by atoms with Crippen LogP contribution in [0.4, 0.5) is 0 Å². The second kappa shape index (κ2) is 6.06. The molecule has 3 aromatic carbocycles. The lowest BCUT2D eigenvalue weighted by atomic mass is 9.98. The van der Waals surface area contributed by atoms with Crippen molar-refractivity contribution >= 4 is 22.5 Å². The lowest BCUT2D eigenvalue weighted by molar-refractivity contribution is 0.477. The van der Waals surface area contributed by atoms with Crippen molar-refractivity contribution < 1.29 is 5.11 Å². The molecule has 0 spiro atoms. The Hall–Kier alpha value is -2.71. The van der Waals surface area contributed by atoms with Crippen LogP contribution in [0.1, 0.15) is 11.1 Å². The largest absolute Gasteiger partial charge is 0.506 e. The molecule has 2 nitrogen and oxygen atoms in total. The zero-order valence-corrected chi connectivity index (χ0v) is 13.7. The summed E-state index contributed by atoms with van der Waals surface area (Å²) in [6.45, 7) is 0. The number of rotatable bonds is 3. The van der Waals surface area contributed by atoms with Crippen LogP contribution >= 0.6 is 11.6 Å². The highest BCUT2D eigenvalue weighted by molar-refractivity contribution is 6.32. The minimum atomic E-state index is 0.111. The molecule has 0 saturated carbocycles. The van der Waals surface area contributed by atoms with E-state index in [0.717, 1.165) is 34.1 Å². The number of H-pyrrole nitrogens is 1. The van der Waals surface area contributed by atoms with Crippen LogP contribution in [0.3, 0.4) is 0 Å². The van der Waals surface area contributed by atoms with E-state index in [9.17, 15) is 5.11 Å². The predicted octanol–water partition coefficient (Wildman–Crippen LogP) is 5.78. The van der Waals surface area contributed by atoms with E-state index in [1.54, 1.807) is 6.07 Å². The fourth-order valence-corrected chi connectivity index (χ4v) is 3.31. The zero-order chi connectivity index (χ0) is 16.5. The van der Waals surface area contributed by atoms with Gasteiger partial charge in [0.15, 0.2) is 0 Å². The summed E-state index contributed by atoms with van der Waals surface area (Å²) in [7, 11) is 0. The van der Waals surface area contributed by atoms with Crippen LogP contribution in [-0.2, 0) is 6.42 Å². The highest BCUT2D eigenvalue weighted by Crippen LogP contribution is 2.39. The first-order chi connectivity index (χ1) is 11.7. The highest BCUT2D eigenvalue weighted by Gasteiger charge is 2.17. The number of aromatic amines is 1. The van der Waals surface area contributed by atoms with Gasteiger partial charge in [0, 0.05) is 22.9 Å². The Morgan fingerprint density at radius 2 is 1.58 bits per heavy atom. The first-order valence-corrected chi connectivity index (χ1v) is 8.23. The Morgan fingerprint density at radius 3 is 2.42 bits per heavy atom. The molecule has 4 rings (SSSR count). The number of aromatic nitrogens is 1. The lowest BCUT2D eigenvalue weighted by Gasteiger charge is -2.08. The van der Waals surface area contributed by atoms with Crippen molar-refractivity contribution in [2.45, 2.75) is 6.42 Å². The number of para-hydroxylation sites is 2. The Bertz CT molecular complexity index is 1000. The van der Waals surface area contributed by atoms with Crippen molar-refractivity contribution in [1.82, 2.24) is 4.98 Å². The zero-order valence-electron chi connectivity index (χ0n) is 13.0. The molecule has 24 heavy (non-hydrogen) atoms. The van der Waals surface area contributed by atoms with Gasteiger partial charge in [-0.1, -0.05) is 66.2 Å². The van der Waals surface area contributed by atoms with E-state index < -0.39 is 0 Å². The van der Waals surface area contributed by atoms with Crippen LogP contribution in [0.25, 0.3) is 22.2 Å². The van der Waals surface area contributed by atoms with E-state index in [-0.39, 0.29) is 5.75 Å². The third-order valence-corrected chi connectivity index (χ3v) is 4.60. The summed E-state index contributed by atoms with van der Waals surface area (Å²) in [6.07, 6.45) is 0.784. The van der Waals surface area contributed by atoms with Gasteiger partial charge in [-0.15, -0.1) is 0 Å². The average molecular weight is 334 g/mol. The number of phenolic OH excluding ortho intramolecular Hbond substituents is 1. The molecule has 1 aromatic heterocycles. The first kappa shape index (κ1) is 14.9. The quantitative estimate of drug-likeness (QED) is 0.489. The van der Waals surface area contributed by atoms with Crippen LogP contribution in [0.2, 0.25) is 5.02 Å². The maximum absolute atomic E-state index is 10.4. The molecule has 0 fully saturated rings. The maximum Gasteiger partial charge on any atom is 0.143 e. The SMILES string of the molecule is Oc1c(Cl)cccc1-c1[nH]c2ccccc2c1Cc1ccccc1. The molecule has 0 saturated heterocycles. The van der Waals surface area contributed by atoms with E-state index in [0.29, 0.717) is 5.02 Å². The molecule has 0 aliphatic carbocycles. The molecule has 0 aliphatic rings. The van der Waals surface area contributed by atoms with Gasteiger partial charge in [-0.25, -0.2) is 0 Å². The van der Waals surface area contributed by atoms with Gasteiger partial charge in [0.25, 0.3) is 0 Å². The van der Waals surface area contributed by atoms with Crippen LogP contribution in [0.15, 0.2) is 72.8 Å². The number of benzene rings is 3. The number of hydrogen-bond donors (Lipinski definition) is 2. The van der Waals surface area contributed by atoms with Crippen LogP contribution in [0.5, 0.6) is 5.75 Å². The molecule has 2 N–H and O–H groups in total. The van der Waals surface area contributed by atoms with Gasteiger partial charge in [0.1, 0.15) is 5.75 Å². The van der Waals surface area contributed by atoms with E-state index in [2.05, 4.69) is 29.2 Å². The van der Waals surface area contributed by atoms with Crippen molar-refractivity contribution in [3.8, 4) is 17.0 Å². The molecular weight excluding hydrogens is 318 g/mol. The number of nitrogens with one attached hydrogen (secondary N) is 1. The molecule has 0 atom stereocenters. The summed E-state index contributed by atoms with van der Waals surface area (Å²) in [5, 5.41) is 11.9. The van der Waals surface area contributed by atoms with Gasteiger partial charge >= 0.3 is 0 Å². The standard InChI is InChI=1S/C21H16ClNO/c22-18-11-6-10-16(21(18)24)20-17(13-14-7-2-1-3-8-14)15-9-4-5-12-19(15)23-20/h1-12,23-24H,13H2. The predicted molar refractivity (Wildman–Crippen MR) is 99.7 cm³/mol. The summed E-state index contributed by atoms with van der Waals surface area (Å²) in [5.74, 6) is 0.111. The monoisotopic (exact) mass is 333 g/mol. The summed E-state index contributed by atoms with van der Waals surface area (Å²) in [4.78, 5) is 3.45. The molecule has 0 radical (unpaired) electrons. The molecule has 0 amide bonds. The Kier molecular flexibility index (Phi) is 3.75. The third-order valence-electron chi connectivity index (χ3n) is 4.29. The van der Waals surface area contributed by atoms with Crippen LogP contribution in [0, 0.1) is 0 Å². The van der Waals surface area contributed by atoms with Gasteiger partial charge in [-0.2, -0.15) is 0 Å². The fourth-order valence-electron chi connectivity index (χ4n) is 3.13. The first-order valence-electron chi connectivity index (χ1n) is 7.85. The third kappa shape index (κ3) is 2.55. The fraction of sp³-hybridized carbons (Fsp3) is 0.0476. The summed E-state index contributed by atoms with van der Waals surface area (Å²) in [6, 6.07) is 24.0.